The SMILES string of the molecule is CC(C)(C)OC(=O)N[C@H](CC(=O)NC(c1ccccc1)(c1ccccc1)c1ccccc1)C(=O)NCCc1ccccn1. The molecule has 0 fully saturated rings. The van der Waals surface area contributed by atoms with Gasteiger partial charge in [-0.05, 0) is 49.6 Å². The maximum atomic E-state index is 14.0. The van der Waals surface area contributed by atoms with Gasteiger partial charge >= 0.3 is 6.09 Å². The molecule has 3 aromatic carbocycles. The van der Waals surface area contributed by atoms with Crippen molar-refractivity contribution in [3.63, 3.8) is 0 Å². The van der Waals surface area contributed by atoms with Crippen LogP contribution in [0.2, 0.25) is 0 Å². The molecule has 0 spiro atoms. The van der Waals surface area contributed by atoms with Gasteiger partial charge in [-0.25, -0.2) is 4.79 Å². The fourth-order valence-corrected chi connectivity index (χ4v) is 4.87. The second kappa shape index (κ2) is 14.3. The summed E-state index contributed by atoms with van der Waals surface area (Å²) in [5.74, 6) is -0.931. The van der Waals surface area contributed by atoms with Crippen LogP contribution in [-0.2, 0) is 26.3 Å². The lowest BCUT2D eigenvalue weighted by atomic mass is 9.77. The zero-order valence-corrected chi connectivity index (χ0v) is 24.7. The summed E-state index contributed by atoms with van der Waals surface area (Å²) in [6, 6.07) is 33.4. The molecule has 222 valence electrons. The van der Waals surface area contributed by atoms with E-state index in [1.165, 1.54) is 0 Å². The normalized spacial score (nSPS) is 12.1. The van der Waals surface area contributed by atoms with Gasteiger partial charge in [0.15, 0.2) is 0 Å². The molecule has 4 aromatic rings. The van der Waals surface area contributed by atoms with Crippen molar-refractivity contribution >= 4 is 17.9 Å². The van der Waals surface area contributed by atoms with Crippen LogP contribution in [0.5, 0.6) is 0 Å². The summed E-state index contributed by atoms with van der Waals surface area (Å²) in [6.07, 6.45) is 1.08. The molecule has 1 heterocycles. The average Bonchev–Trinajstić information content (AvgIpc) is 3.00. The zero-order chi connectivity index (χ0) is 30.7. The van der Waals surface area contributed by atoms with Crippen molar-refractivity contribution in [2.45, 2.75) is 50.8 Å². The molecular weight excluding hydrogens is 540 g/mol. The minimum absolute atomic E-state index is 0.284. The summed E-state index contributed by atoms with van der Waals surface area (Å²) in [7, 11) is 0. The van der Waals surface area contributed by atoms with Gasteiger partial charge in [0.2, 0.25) is 11.8 Å². The Balaban J connectivity index is 1.63. The van der Waals surface area contributed by atoms with Gasteiger partial charge in [-0.2, -0.15) is 0 Å². The van der Waals surface area contributed by atoms with Gasteiger partial charge in [-0.3, -0.25) is 14.6 Å². The fourth-order valence-electron chi connectivity index (χ4n) is 4.87. The van der Waals surface area contributed by atoms with Crippen molar-refractivity contribution in [2.24, 2.45) is 0 Å². The van der Waals surface area contributed by atoms with Crippen LogP contribution in [0.4, 0.5) is 4.79 Å². The van der Waals surface area contributed by atoms with Gasteiger partial charge in [0.05, 0.1) is 6.42 Å². The number of carbonyl (C=O) groups is 3. The van der Waals surface area contributed by atoms with E-state index in [0.29, 0.717) is 6.42 Å². The molecule has 3 amide bonds. The molecule has 0 saturated carbocycles. The van der Waals surface area contributed by atoms with Crippen molar-refractivity contribution in [1.29, 1.82) is 0 Å². The topological polar surface area (TPSA) is 109 Å². The molecule has 8 nitrogen and oxygen atoms in total. The molecule has 0 bridgehead atoms. The second-order valence-electron chi connectivity index (χ2n) is 11.2. The minimum atomic E-state index is -1.18. The standard InChI is InChI=1S/C35H38N4O4/c1-34(2,3)43-33(42)38-30(32(41)37-24-22-29-21-13-14-23-36-29)25-31(40)39-35(26-15-7-4-8-16-26,27-17-9-5-10-18-27)28-19-11-6-12-20-28/h4-21,23,30H,22,24-25H2,1-3H3,(H,37,41)(H,38,42)(H,39,40)/t30-/m1/s1. The molecule has 0 aliphatic heterocycles. The molecule has 8 heteroatoms. The Kier molecular flexibility index (Phi) is 10.3. The molecule has 1 aromatic heterocycles. The number of benzene rings is 3. The van der Waals surface area contributed by atoms with Gasteiger partial charge in [0, 0.05) is 24.9 Å². The third kappa shape index (κ3) is 8.52. The largest absolute Gasteiger partial charge is 0.444 e. The zero-order valence-electron chi connectivity index (χ0n) is 24.7. The number of nitrogens with one attached hydrogen (secondary N) is 3. The highest BCUT2D eigenvalue weighted by molar-refractivity contribution is 5.91. The molecule has 4 rings (SSSR count). The van der Waals surface area contributed by atoms with Gasteiger partial charge < -0.3 is 20.7 Å². The lowest BCUT2D eigenvalue weighted by Gasteiger charge is -2.37. The number of pyridine rings is 1. The number of hydrogen-bond acceptors (Lipinski definition) is 5. The van der Waals surface area contributed by atoms with Gasteiger partial charge in [0.1, 0.15) is 17.2 Å². The number of nitrogens with zero attached hydrogens (tertiary/aromatic N) is 1. The molecular formula is C35H38N4O4. The molecule has 0 radical (unpaired) electrons. The Morgan fingerprint density at radius 3 is 1.72 bits per heavy atom. The monoisotopic (exact) mass is 578 g/mol. The van der Waals surface area contributed by atoms with Crippen LogP contribution < -0.4 is 16.0 Å². The highest BCUT2D eigenvalue weighted by Crippen LogP contribution is 2.36. The number of aromatic nitrogens is 1. The van der Waals surface area contributed by atoms with Crippen LogP contribution in [-0.4, -0.2) is 41.1 Å². The number of amides is 3. The van der Waals surface area contributed by atoms with E-state index in [-0.39, 0.29) is 13.0 Å². The summed E-state index contributed by atoms with van der Waals surface area (Å²) in [4.78, 5) is 44.4. The number of carbonyl (C=O) groups excluding carboxylic acids is 3. The number of alkyl carbamates (subject to hydrolysis) is 1. The molecule has 0 unspecified atom stereocenters. The maximum absolute atomic E-state index is 14.0. The smallest absolute Gasteiger partial charge is 0.408 e. The van der Waals surface area contributed by atoms with E-state index in [0.717, 1.165) is 22.4 Å². The molecule has 0 aliphatic rings. The first kappa shape index (κ1) is 31.0. The van der Waals surface area contributed by atoms with Crippen LogP contribution in [0.1, 0.15) is 49.6 Å². The number of hydrogen-bond donors (Lipinski definition) is 3. The minimum Gasteiger partial charge on any atom is -0.444 e. The third-order valence-electron chi connectivity index (χ3n) is 6.75. The Bertz CT molecular complexity index is 1380. The van der Waals surface area contributed by atoms with E-state index in [9.17, 15) is 14.4 Å². The summed E-state index contributed by atoms with van der Waals surface area (Å²) in [6.45, 7) is 5.48. The van der Waals surface area contributed by atoms with E-state index in [4.69, 9.17) is 4.74 Å². The van der Waals surface area contributed by atoms with Crippen molar-refractivity contribution in [3.05, 3.63) is 138 Å². The Morgan fingerprint density at radius 2 is 1.26 bits per heavy atom. The van der Waals surface area contributed by atoms with E-state index < -0.39 is 35.1 Å². The lowest BCUT2D eigenvalue weighted by molar-refractivity contribution is -0.129. The Morgan fingerprint density at radius 1 is 0.744 bits per heavy atom. The van der Waals surface area contributed by atoms with Crippen molar-refractivity contribution in [2.75, 3.05) is 6.54 Å². The molecule has 0 aliphatic carbocycles. The van der Waals surface area contributed by atoms with E-state index in [1.54, 1.807) is 27.0 Å². The van der Waals surface area contributed by atoms with E-state index >= 15 is 0 Å². The average molecular weight is 579 g/mol. The van der Waals surface area contributed by atoms with E-state index in [1.807, 2.05) is 109 Å². The maximum Gasteiger partial charge on any atom is 0.408 e. The van der Waals surface area contributed by atoms with Crippen LogP contribution in [0.25, 0.3) is 0 Å². The van der Waals surface area contributed by atoms with Crippen LogP contribution in [0.15, 0.2) is 115 Å². The van der Waals surface area contributed by atoms with Crippen LogP contribution >= 0.6 is 0 Å². The van der Waals surface area contributed by atoms with Crippen LogP contribution in [0, 0.1) is 0 Å². The number of ether oxygens (including phenoxy) is 1. The van der Waals surface area contributed by atoms with E-state index in [2.05, 4.69) is 20.9 Å². The molecule has 3 N–H and O–H groups in total. The Hall–Kier alpha value is -4.98. The van der Waals surface area contributed by atoms with Crippen molar-refractivity contribution in [3.8, 4) is 0 Å². The van der Waals surface area contributed by atoms with Gasteiger partial charge in [0.25, 0.3) is 0 Å². The molecule has 0 saturated heterocycles. The summed E-state index contributed by atoms with van der Waals surface area (Å²) in [5, 5.41) is 8.69. The fraction of sp³-hybridized carbons (Fsp3) is 0.257. The lowest BCUT2D eigenvalue weighted by Crippen LogP contribution is -2.53. The van der Waals surface area contributed by atoms with Gasteiger partial charge in [-0.15, -0.1) is 0 Å². The van der Waals surface area contributed by atoms with Crippen LogP contribution in [0.3, 0.4) is 0 Å². The summed E-state index contributed by atoms with van der Waals surface area (Å²) < 4.78 is 5.41. The van der Waals surface area contributed by atoms with Crippen molar-refractivity contribution in [1.82, 2.24) is 20.9 Å². The predicted octanol–water partition coefficient (Wildman–Crippen LogP) is 5.13. The number of rotatable bonds is 11. The highest BCUT2D eigenvalue weighted by atomic mass is 16.6. The first-order valence-corrected chi connectivity index (χ1v) is 14.3. The first-order valence-electron chi connectivity index (χ1n) is 14.3. The first-order chi connectivity index (χ1) is 20.7. The summed E-state index contributed by atoms with van der Waals surface area (Å²) in [5.41, 5.74) is 1.50. The predicted molar refractivity (Wildman–Crippen MR) is 166 cm³/mol. The highest BCUT2D eigenvalue weighted by Gasteiger charge is 2.39. The molecule has 43 heavy (non-hydrogen) atoms. The second-order valence-corrected chi connectivity index (χ2v) is 11.2. The molecule has 1 atom stereocenters. The quantitative estimate of drug-likeness (QED) is 0.214. The van der Waals surface area contributed by atoms with Gasteiger partial charge in [-0.1, -0.05) is 97.1 Å². The summed E-state index contributed by atoms with van der Waals surface area (Å²) >= 11 is 0. The van der Waals surface area contributed by atoms with Crippen molar-refractivity contribution < 1.29 is 19.1 Å². The Labute approximate surface area is 252 Å². The third-order valence-corrected chi connectivity index (χ3v) is 6.75.